The van der Waals surface area contributed by atoms with Gasteiger partial charge in [0.1, 0.15) is 5.82 Å². The Kier molecular flexibility index (Phi) is 3.95. The number of nitrogens with zero attached hydrogens (tertiary/aromatic N) is 1. The fraction of sp³-hybridized carbons (Fsp3) is 0.176. The van der Waals surface area contributed by atoms with Crippen molar-refractivity contribution in [3.05, 3.63) is 70.6 Å². The van der Waals surface area contributed by atoms with Gasteiger partial charge >= 0.3 is 0 Å². The van der Waals surface area contributed by atoms with Crippen LogP contribution in [0.4, 0.5) is 4.39 Å². The highest BCUT2D eigenvalue weighted by molar-refractivity contribution is 6.30. The van der Waals surface area contributed by atoms with E-state index in [1.165, 1.54) is 11.6 Å². The number of aromatic nitrogens is 1. The summed E-state index contributed by atoms with van der Waals surface area (Å²) in [5, 5.41) is 1.56. The molecule has 0 aliphatic carbocycles. The Morgan fingerprint density at radius 1 is 1.10 bits per heavy atom. The molecular weight excluding hydrogens is 287 g/mol. The zero-order chi connectivity index (χ0) is 14.8. The first-order valence-electron chi connectivity index (χ1n) is 6.90. The predicted molar refractivity (Wildman–Crippen MR) is 85.2 cm³/mol. The second-order valence-corrected chi connectivity index (χ2v) is 5.51. The second kappa shape index (κ2) is 5.88. The fourth-order valence-corrected chi connectivity index (χ4v) is 2.82. The van der Waals surface area contributed by atoms with Gasteiger partial charge in [-0.1, -0.05) is 35.9 Å². The lowest BCUT2D eigenvalue weighted by molar-refractivity contribution is 0.602. The molecule has 3 rings (SSSR count). The Balaban J connectivity index is 2.04. The quantitative estimate of drug-likeness (QED) is 0.776. The molecule has 0 radical (unpaired) electrons. The van der Waals surface area contributed by atoms with E-state index in [4.69, 9.17) is 17.3 Å². The van der Waals surface area contributed by atoms with Gasteiger partial charge in [0, 0.05) is 16.8 Å². The highest BCUT2D eigenvalue weighted by atomic mass is 35.5. The fourth-order valence-electron chi connectivity index (χ4n) is 2.66. The third-order valence-corrected chi connectivity index (χ3v) is 3.88. The zero-order valence-electron chi connectivity index (χ0n) is 11.5. The van der Waals surface area contributed by atoms with E-state index in [-0.39, 0.29) is 5.82 Å². The largest absolute Gasteiger partial charge is 0.343 e. The van der Waals surface area contributed by atoms with Crippen molar-refractivity contribution in [2.75, 3.05) is 6.54 Å². The number of benzene rings is 2. The summed E-state index contributed by atoms with van der Waals surface area (Å²) in [5.74, 6) is -0.277. The van der Waals surface area contributed by atoms with Crippen molar-refractivity contribution in [1.29, 1.82) is 0 Å². The molecule has 1 aromatic heterocycles. The van der Waals surface area contributed by atoms with Gasteiger partial charge in [0.15, 0.2) is 0 Å². The molecule has 2 aromatic carbocycles. The lowest BCUT2D eigenvalue weighted by Crippen LogP contribution is -2.06. The SMILES string of the molecule is NCCc1cccc2ccn(Cc3ccc(Cl)cc3F)c12. The zero-order valence-corrected chi connectivity index (χ0v) is 12.3. The molecule has 0 atom stereocenters. The molecule has 0 spiro atoms. The molecule has 0 bridgehead atoms. The maximum atomic E-state index is 14.0. The summed E-state index contributed by atoms with van der Waals surface area (Å²) in [6.45, 7) is 1.08. The van der Waals surface area contributed by atoms with Crippen molar-refractivity contribution in [2.24, 2.45) is 5.73 Å². The lowest BCUT2D eigenvalue weighted by atomic mass is 10.1. The average molecular weight is 303 g/mol. The van der Waals surface area contributed by atoms with E-state index in [1.54, 1.807) is 12.1 Å². The third kappa shape index (κ3) is 2.80. The number of hydrogen-bond acceptors (Lipinski definition) is 1. The Morgan fingerprint density at radius 2 is 1.95 bits per heavy atom. The minimum atomic E-state index is -0.277. The summed E-state index contributed by atoms with van der Waals surface area (Å²) in [5.41, 5.74) is 8.62. The third-order valence-electron chi connectivity index (χ3n) is 3.64. The summed E-state index contributed by atoms with van der Waals surface area (Å²) in [7, 11) is 0. The molecule has 0 unspecified atom stereocenters. The molecule has 0 amide bonds. The number of hydrogen-bond donors (Lipinski definition) is 1. The summed E-state index contributed by atoms with van der Waals surface area (Å²) >= 11 is 5.80. The minimum absolute atomic E-state index is 0.277. The monoisotopic (exact) mass is 302 g/mol. The number of rotatable bonds is 4. The van der Waals surface area contributed by atoms with E-state index in [1.807, 2.05) is 18.3 Å². The maximum absolute atomic E-state index is 14.0. The Hall–Kier alpha value is -1.84. The van der Waals surface area contributed by atoms with Crippen LogP contribution in [0.3, 0.4) is 0 Å². The van der Waals surface area contributed by atoms with Gasteiger partial charge in [0.05, 0.1) is 12.1 Å². The molecule has 0 fully saturated rings. The standard InChI is InChI=1S/C17H16ClFN2/c18-15-5-4-14(16(19)10-15)11-21-9-7-13-3-1-2-12(6-8-20)17(13)21/h1-5,7,9-10H,6,8,11,20H2. The van der Waals surface area contributed by atoms with Crippen LogP contribution < -0.4 is 5.73 Å². The van der Waals surface area contributed by atoms with Gasteiger partial charge in [-0.15, -0.1) is 0 Å². The van der Waals surface area contributed by atoms with Gasteiger partial charge in [-0.25, -0.2) is 4.39 Å². The first-order valence-corrected chi connectivity index (χ1v) is 7.27. The van der Waals surface area contributed by atoms with Gasteiger partial charge in [0.2, 0.25) is 0 Å². The summed E-state index contributed by atoms with van der Waals surface area (Å²) < 4.78 is 16.0. The molecule has 2 N–H and O–H groups in total. The molecule has 0 aliphatic heterocycles. The van der Waals surface area contributed by atoms with E-state index in [0.29, 0.717) is 23.7 Å². The van der Waals surface area contributed by atoms with Crippen LogP contribution in [0.25, 0.3) is 10.9 Å². The summed E-state index contributed by atoms with van der Waals surface area (Å²) in [4.78, 5) is 0. The first-order chi connectivity index (χ1) is 10.2. The highest BCUT2D eigenvalue weighted by Gasteiger charge is 2.09. The number of fused-ring (bicyclic) bond motifs is 1. The number of para-hydroxylation sites is 1. The molecule has 4 heteroatoms. The summed E-state index contributed by atoms with van der Waals surface area (Å²) in [6.07, 6.45) is 2.79. The summed E-state index contributed by atoms with van der Waals surface area (Å²) in [6, 6.07) is 13.0. The highest BCUT2D eigenvalue weighted by Crippen LogP contribution is 2.23. The van der Waals surface area contributed by atoms with E-state index in [2.05, 4.69) is 16.7 Å². The van der Waals surface area contributed by atoms with Crippen LogP contribution in [0.5, 0.6) is 0 Å². The number of halogens is 2. The van der Waals surface area contributed by atoms with Crippen LogP contribution in [0, 0.1) is 5.82 Å². The smallest absolute Gasteiger partial charge is 0.129 e. The minimum Gasteiger partial charge on any atom is -0.343 e. The molecule has 21 heavy (non-hydrogen) atoms. The molecule has 0 saturated carbocycles. The molecule has 1 heterocycles. The van der Waals surface area contributed by atoms with E-state index >= 15 is 0 Å². The Bertz CT molecular complexity index is 780. The molecular formula is C17H16ClFN2. The number of nitrogens with two attached hydrogens (primary N) is 1. The lowest BCUT2D eigenvalue weighted by Gasteiger charge is -2.10. The van der Waals surface area contributed by atoms with E-state index < -0.39 is 0 Å². The van der Waals surface area contributed by atoms with Gasteiger partial charge in [-0.3, -0.25) is 0 Å². The normalized spacial score (nSPS) is 11.2. The van der Waals surface area contributed by atoms with Crippen LogP contribution in [0.15, 0.2) is 48.7 Å². The van der Waals surface area contributed by atoms with Crippen LogP contribution >= 0.6 is 11.6 Å². The van der Waals surface area contributed by atoms with Gasteiger partial charge in [0.25, 0.3) is 0 Å². The van der Waals surface area contributed by atoms with Crippen LogP contribution in [0.2, 0.25) is 5.02 Å². The predicted octanol–water partition coefficient (Wildman–Crippen LogP) is 3.98. The second-order valence-electron chi connectivity index (χ2n) is 5.07. The van der Waals surface area contributed by atoms with Crippen molar-refractivity contribution >= 4 is 22.5 Å². The van der Waals surface area contributed by atoms with Gasteiger partial charge in [-0.2, -0.15) is 0 Å². The molecule has 3 aromatic rings. The van der Waals surface area contributed by atoms with Crippen molar-refractivity contribution in [2.45, 2.75) is 13.0 Å². The van der Waals surface area contributed by atoms with E-state index in [0.717, 1.165) is 17.3 Å². The molecule has 0 aliphatic rings. The van der Waals surface area contributed by atoms with Crippen molar-refractivity contribution in [1.82, 2.24) is 4.57 Å². The molecule has 0 saturated heterocycles. The maximum Gasteiger partial charge on any atom is 0.129 e. The Labute approximate surface area is 127 Å². The topological polar surface area (TPSA) is 30.9 Å². The van der Waals surface area contributed by atoms with E-state index in [9.17, 15) is 4.39 Å². The molecule has 2 nitrogen and oxygen atoms in total. The van der Waals surface area contributed by atoms with Crippen LogP contribution in [0.1, 0.15) is 11.1 Å². The van der Waals surface area contributed by atoms with Gasteiger partial charge in [-0.05, 0) is 42.1 Å². The van der Waals surface area contributed by atoms with Crippen molar-refractivity contribution in [3.8, 4) is 0 Å². The van der Waals surface area contributed by atoms with Crippen LogP contribution in [-0.2, 0) is 13.0 Å². The van der Waals surface area contributed by atoms with Gasteiger partial charge < -0.3 is 10.3 Å². The van der Waals surface area contributed by atoms with Crippen molar-refractivity contribution < 1.29 is 4.39 Å². The first kappa shape index (κ1) is 14.1. The Morgan fingerprint density at radius 3 is 2.71 bits per heavy atom. The van der Waals surface area contributed by atoms with Crippen LogP contribution in [-0.4, -0.2) is 11.1 Å². The molecule has 108 valence electrons. The van der Waals surface area contributed by atoms with Crippen molar-refractivity contribution in [3.63, 3.8) is 0 Å². The average Bonchev–Trinajstić information content (AvgIpc) is 2.87.